The summed E-state index contributed by atoms with van der Waals surface area (Å²) in [5.74, 6) is -0.361. The monoisotopic (exact) mass is 368 g/mol. The summed E-state index contributed by atoms with van der Waals surface area (Å²) in [6.07, 6.45) is 0. The largest absolute Gasteiger partial charge is 0.423 e. The highest BCUT2D eigenvalue weighted by Gasteiger charge is 2.18. The summed E-state index contributed by atoms with van der Waals surface area (Å²) in [4.78, 5) is 15.8. The Morgan fingerprint density at radius 2 is 1.81 bits per heavy atom. The van der Waals surface area contributed by atoms with E-state index in [2.05, 4.69) is 9.80 Å². The van der Waals surface area contributed by atoms with E-state index in [1.54, 1.807) is 12.1 Å². The second kappa shape index (κ2) is 7.50. The van der Waals surface area contributed by atoms with Gasteiger partial charge < -0.3 is 14.4 Å². The van der Waals surface area contributed by atoms with Crippen molar-refractivity contribution in [3.8, 4) is 0 Å². The van der Waals surface area contributed by atoms with Gasteiger partial charge in [0.25, 0.3) is 0 Å². The van der Waals surface area contributed by atoms with Crippen molar-refractivity contribution in [1.29, 1.82) is 0 Å². The zero-order valence-electron chi connectivity index (χ0n) is 14.9. The molecule has 0 aliphatic carbocycles. The van der Waals surface area contributed by atoms with Gasteiger partial charge in [0, 0.05) is 55.4 Å². The quantitative estimate of drug-likeness (QED) is 0.718. The molecule has 2 aromatic carbocycles. The molecule has 0 spiro atoms. The van der Waals surface area contributed by atoms with E-state index in [4.69, 9.17) is 9.52 Å². The molecule has 0 unspecified atom stereocenters. The maximum Gasteiger partial charge on any atom is 0.336 e. The summed E-state index contributed by atoms with van der Waals surface area (Å²) >= 11 is 0. The van der Waals surface area contributed by atoms with Crippen molar-refractivity contribution >= 4 is 16.7 Å². The average Bonchev–Trinajstić information content (AvgIpc) is 2.68. The normalized spacial score (nSPS) is 15.4. The Hall–Kier alpha value is -2.70. The van der Waals surface area contributed by atoms with Crippen molar-refractivity contribution in [2.45, 2.75) is 13.2 Å². The van der Waals surface area contributed by atoms with Crippen molar-refractivity contribution in [2.24, 2.45) is 0 Å². The van der Waals surface area contributed by atoms with Gasteiger partial charge in [-0.1, -0.05) is 12.1 Å². The molecule has 27 heavy (non-hydrogen) atoms. The Balaban J connectivity index is 1.40. The zero-order chi connectivity index (χ0) is 18.8. The van der Waals surface area contributed by atoms with Gasteiger partial charge in [0.1, 0.15) is 11.4 Å². The Morgan fingerprint density at radius 1 is 1.00 bits per heavy atom. The van der Waals surface area contributed by atoms with Crippen LogP contribution in [0.1, 0.15) is 11.1 Å². The van der Waals surface area contributed by atoms with Crippen LogP contribution in [-0.2, 0) is 13.2 Å². The lowest BCUT2D eigenvalue weighted by molar-refractivity contribution is 0.250. The standard InChI is InChI=1S/C21H21FN2O3/c22-19-12-18(4-2-17(19)14-25)24-9-7-23(8-10-24)13-15-1-5-20-16(11-15)3-6-21(26)27-20/h1-6,11-12,25H,7-10,13-14H2. The molecule has 1 aromatic heterocycles. The third kappa shape index (κ3) is 3.86. The van der Waals surface area contributed by atoms with Gasteiger partial charge in [0.05, 0.1) is 6.61 Å². The lowest BCUT2D eigenvalue weighted by Gasteiger charge is -2.36. The fourth-order valence-corrected chi connectivity index (χ4v) is 3.50. The fourth-order valence-electron chi connectivity index (χ4n) is 3.50. The van der Waals surface area contributed by atoms with Crippen LogP contribution in [0.25, 0.3) is 11.0 Å². The van der Waals surface area contributed by atoms with Gasteiger partial charge in [-0.3, -0.25) is 4.90 Å². The van der Waals surface area contributed by atoms with Gasteiger partial charge in [0.15, 0.2) is 0 Å². The van der Waals surface area contributed by atoms with Crippen LogP contribution in [0.3, 0.4) is 0 Å². The Bertz CT molecular complexity index is 1010. The van der Waals surface area contributed by atoms with Gasteiger partial charge in [-0.2, -0.15) is 0 Å². The summed E-state index contributed by atoms with van der Waals surface area (Å²) in [6.45, 7) is 3.94. The van der Waals surface area contributed by atoms with Crippen LogP contribution < -0.4 is 10.5 Å². The maximum absolute atomic E-state index is 13.9. The second-order valence-corrected chi connectivity index (χ2v) is 6.82. The van der Waals surface area contributed by atoms with Crippen LogP contribution in [0, 0.1) is 5.82 Å². The minimum Gasteiger partial charge on any atom is -0.423 e. The molecule has 0 saturated carbocycles. The molecule has 1 N–H and O–H groups in total. The number of hydrogen-bond donors (Lipinski definition) is 1. The summed E-state index contributed by atoms with van der Waals surface area (Å²) in [5, 5.41) is 10.0. The molecule has 140 valence electrons. The molecule has 4 rings (SSSR count). The highest BCUT2D eigenvalue weighted by molar-refractivity contribution is 5.76. The van der Waals surface area contributed by atoms with Gasteiger partial charge in [-0.15, -0.1) is 0 Å². The van der Waals surface area contributed by atoms with E-state index >= 15 is 0 Å². The van der Waals surface area contributed by atoms with Gasteiger partial charge in [-0.05, 0) is 35.9 Å². The van der Waals surface area contributed by atoms with Gasteiger partial charge in [0.2, 0.25) is 0 Å². The molecular weight excluding hydrogens is 347 g/mol. The molecule has 6 heteroatoms. The topological polar surface area (TPSA) is 56.9 Å². The number of fused-ring (bicyclic) bond motifs is 1. The first-order valence-electron chi connectivity index (χ1n) is 9.02. The van der Waals surface area contributed by atoms with E-state index in [9.17, 15) is 9.18 Å². The highest BCUT2D eigenvalue weighted by atomic mass is 19.1. The van der Waals surface area contributed by atoms with Crippen molar-refractivity contribution < 1.29 is 13.9 Å². The Morgan fingerprint density at radius 3 is 2.56 bits per heavy atom. The number of benzene rings is 2. The van der Waals surface area contributed by atoms with E-state index < -0.39 is 0 Å². The second-order valence-electron chi connectivity index (χ2n) is 6.82. The van der Waals surface area contributed by atoms with Crippen molar-refractivity contribution in [3.63, 3.8) is 0 Å². The lowest BCUT2D eigenvalue weighted by atomic mass is 10.1. The molecule has 0 atom stereocenters. The summed E-state index contributed by atoms with van der Waals surface area (Å²) < 4.78 is 19.1. The summed E-state index contributed by atoms with van der Waals surface area (Å²) in [7, 11) is 0. The molecule has 2 heterocycles. The summed E-state index contributed by atoms with van der Waals surface area (Å²) in [6, 6.07) is 14.1. The first-order valence-corrected chi connectivity index (χ1v) is 9.02. The number of hydrogen-bond acceptors (Lipinski definition) is 5. The first kappa shape index (κ1) is 17.7. The number of halogens is 1. The maximum atomic E-state index is 13.9. The van der Waals surface area contributed by atoms with Crippen molar-refractivity contribution in [3.05, 3.63) is 75.9 Å². The Labute approximate surface area is 156 Å². The van der Waals surface area contributed by atoms with Gasteiger partial charge in [-0.25, -0.2) is 9.18 Å². The predicted octanol–water partition coefficient (Wildman–Crippen LogP) is 2.75. The zero-order valence-corrected chi connectivity index (χ0v) is 14.9. The van der Waals surface area contributed by atoms with Crippen molar-refractivity contribution in [1.82, 2.24) is 4.90 Å². The highest BCUT2D eigenvalue weighted by Crippen LogP contribution is 2.21. The van der Waals surface area contributed by atoms with Crippen LogP contribution in [0.4, 0.5) is 10.1 Å². The van der Waals surface area contributed by atoms with E-state index in [1.807, 2.05) is 24.3 Å². The van der Waals surface area contributed by atoms with E-state index in [0.29, 0.717) is 11.1 Å². The summed E-state index contributed by atoms with van der Waals surface area (Å²) in [5.41, 5.74) is 2.61. The molecule has 0 bridgehead atoms. The average molecular weight is 368 g/mol. The fraction of sp³-hybridized carbons (Fsp3) is 0.286. The molecule has 1 aliphatic rings. The third-order valence-corrected chi connectivity index (χ3v) is 5.03. The van der Waals surface area contributed by atoms with Crippen LogP contribution in [0.2, 0.25) is 0 Å². The van der Waals surface area contributed by atoms with Gasteiger partial charge >= 0.3 is 5.63 Å². The molecule has 3 aromatic rings. The molecule has 1 aliphatic heterocycles. The van der Waals surface area contributed by atoms with Crippen LogP contribution >= 0.6 is 0 Å². The molecule has 1 saturated heterocycles. The Kier molecular flexibility index (Phi) is 4.92. The molecule has 0 radical (unpaired) electrons. The number of piperazine rings is 1. The van der Waals surface area contributed by atoms with Crippen LogP contribution in [0.15, 0.2) is 57.7 Å². The van der Waals surface area contributed by atoms with E-state index in [0.717, 1.165) is 43.8 Å². The van der Waals surface area contributed by atoms with Crippen molar-refractivity contribution in [2.75, 3.05) is 31.1 Å². The third-order valence-electron chi connectivity index (χ3n) is 5.03. The lowest BCUT2D eigenvalue weighted by Crippen LogP contribution is -2.46. The molecule has 5 nitrogen and oxygen atoms in total. The number of aliphatic hydroxyl groups excluding tert-OH is 1. The number of aliphatic hydroxyl groups is 1. The minimum atomic E-state index is -0.361. The molecule has 1 fully saturated rings. The molecular formula is C21H21FN2O3. The number of nitrogens with zero attached hydrogens (tertiary/aromatic N) is 2. The predicted molar refractivity (Wildman–Crippen MR) is 102 cm³/mol. The molecule has 0 amide bonds. The number of anilines is 1. The smallest absolute Gasteiger partial charge is 0.336 e. The van der Waals surface area contributed by atoms with Crippen LogP contribution in [-0.4, -0.2) is 36.2 Å². The minimum absolute atomic E-state index is 0.283. The SMILES string of the molecule is O=c1ccc2cc(CN3CCN(c4ccc(CO)c(F)c4)CC3)ccc2o1. The van der Waals surface area contributed by atoms with E-state index in [1.165, 1.54) is 17.7 Å². The first-order chi connectivity index (χ1) is 13.1. The van der Waals surface area contributed by atoms with Crippen LogP contribution in [0.5, 0.6) is 0 Å². The number of rotatable bonds is 4. The van der Waals surface area contributed by atoms with E-state index in [-0.39, 0.29) is 18.0 Å².